The maximum atomic E-state index is 12.4. The minimum absolute atomic E-state index is 0.196. The van der Waals surface area contributed by atoms with Crippen LogP contribution in [0.5, 0.6) is 5.75 Å². The third-order valence-corrected chi connectivity index (χ3v) is 4.69. The molecule has 3 N–H and O–H groups in total. The molecule has 0 amide bonds. The number of aliphatic hydroxyl groups excluding tert-OH is 1. The van der Waals surface area contributed by atoms with Gasteiger partial charge in [-0.1, -0.05) is 6.07 Å². The number of fused-ring (bicyclic) bond motifs is 1. The summed E-state index contributed by atoms with van der Waals surface area (Å²) in [4.78, 5) is 28.5. The monoisotopic (exact) mass is 373 g/mol. The van der Waals surface area contributed by atoms with Gasteiger partial charge in [0.1, 0.15) is 5.75 Å². The number of hydrogen-bond donors (Lipinski definition) is 3. The van der Waals surface area contributed by atoms with E-state index < -0.39 is 11.8 Å². The molecule has 0 aliphatic carbocycles. The number of benzene rings is 1. The van der Waals surface area contributed by atoms with Crippen LogP contribution in [0.3, 0.4) is 0 Å². The molecule has 9 heteroatoms. The molecule has 1 atom stereocenters. The van der Waals surface area contributed by atoms with Gasteiger partial charge >= 0.3 is 5.69 Å². The van der Waals surface area contributed by atoms with Crippen molar-refractivity contribution in [3.63, 3.8) is 0 Å². The second-order valence-electron chi connectivity index (χ2n) is 6.58. The molecule has 9 nitrogen and oxygen atoms in total. The van der Waals surface area contributed by atoms with E-state index in [0.29, 0.717) is 36.4 Å². The van der Waals surface area contributed by atoms with Gasteiger partial charge in [0.25, 0.3) is 5.56 Å². The molecule has 0 saturated carbocycles. The highest BCUT2D eigenvalue weighted by molar-refractivity contribution is 5.69. The average molecular weight is 373 g/mol. The Balaban J connectivity index is 1.67. The molecular weight excluding hydrogens is 350 g/mol. The number of aromatic hydroxyl groups is 1. The maximum absolute atomic E-state index is 12.4. The van der Waals surface area contributed by atoms with Gasteiger partial charge in [-0.15, -0.1) is 0 Å². The molecule has 2 heterocycles. The number of nitrogens with one attached hydrogen (secondary N) is 1. The van der Waals surface area contributed by atoms with Gasteiger partial charge in [-0.3, -0.25) is 13.9 Å². The second-order valence-corrected chi connectivity index (χ2v) is 6.58. The third-order valence-electron chi connectivity index (χ3n) is 4.69. The third kappa shape index (κ3) is 3.51. The molecule has 144 valence electrons. The first-order chi connectivity index (χ1) is 12.8. The molecule has 0 spiro atoms. The molecule has 0 saturated heterocycles. The first-order valence-electron chi connectivity index (χ1n) is 8.60. The predicted molar refractivity (Wildman–Crippen MR) is 101 cm³/mol. The van der Waals surface area contributed by atoms with Crippen LogP contribution in [0.2, 0.25) is 0 Å². The Hall–Kier alpha value is -2.91. The Morgan fingerprint density at radius 2 is 1.96 bits per heavy atom. The molecule has 1 aromatic carbocycles. The van der Waals surface area contributed by atoms with E-state index in [-0.39, 0.29) is 11.3 Å². The van der Waals surface area contributed by atoms with Crippen molar-refractivity contribution in [3.05, 3.63) is 56.5 Å². The van der Waals surface area contributed by atoms with Crippen LogP contribution in [-0.4, -0.2) is 42.0 Å². The molecule has 3 aromatic rings. The molecule has 0 fully saturated rings. The normalized spacial score (nSPS) is 12.6. The predicted octanol–water partition coefficient (Wildman–Crippen LogP) is -0.229. The summed E-state index contributed by atoms with van der Waals surface area (Å²) in [6.07, 6.45) is 0.824. The molecule has 0 bridgehead atoms. The van der Waals surface area contributed by atoms with Crippen LogP contribution in [0, 0.1) is 6.92 Å². The molecule has 3 rings (SSSR count). The maximum Gasteiger partial charge on any atom is 0.332 e. The highest BCUT2D eigenvalue weighted by atomic mass is 16.3. The molecule has 0 aliphatic rings. The summed E-state index contributed by atoms with van der Waals surface area (Å²) in [6, 6.07) is 4.99. The van der Waals surface area contributed by atoms with Crippen LogP contribution in [0.15, 0.2) is 34.1 Å². The molecular formula is C18H23N5O4. The van der Waals surface area contributed by atoms with Gasteiger partial charge < -0.3 is 20.1 Å². The number of aliphatic hydroxyl groups is 1. The van der Waals surface area contributed by atoms with E-state index in [1.807, 2.05) is 0 Å². The number of phenolic OH excluding ortho intramolecular Hbond substituents is 1. The van der Waals surface area contributed by atoms with Crippen molar-refractivity contribution in [2.75, 3.05) is 13.1 Å². The van der Waals surface area contributed by atoms with E-state index in [0.717, 1.165) is 10.1 Å². The van der Waals surface area contributed by atoms with Gasteiger partial charge in [0, 0.05) is 33.7 Å². The number of aromatic nitrogens is 4. The zero-order valence-electron chi connectivity index (χ0n) is 15.5. The van der Waals surface area contributed by atoms with E-state index in [1.54, 1.807) is 36.7 Å². The minimum atomic E-state index is -0.711. The van der Waals surface area contributed by atoms with Crippen molar-refractivity contribution in [2.24, 2.45) is 14.1 Å². The van der Waals surface area contributed by atoms with E-state index in [2.05, 4.69) is 10.3 Å². The van der Waals surface area contributed by atoms with Gasteiger partial charge in [0.2, 0.25) is 0 Å². The molecule has 1 unspecified atom stereocenters. The van der Waals surface area contributed by atoms with Crippen molar-refractivity contribution in [1.29, 1.82) is 0 Å². The zero-order chi connectivity index (χ0) is 19.7. The fourth-order valence-electron chi connectivity index (χ4n) is 3.01. The fourth-order valence-corrected chi connectivity index (χ4v) is 3.01. The summed E-state index contributed by atoms with van der Waals surface area (Å²) >= 11 is 0. The zero-order valence-corrected chi connectivity index (χ0v) is 15.5. The summed E-state index contributed by atoms with van der Waals surface area (Å²) < 4.78 is 4.10. The highest BCUT2D eigenvalue weighted by Crippen LogP contribution is 2.21. The van der Waals surface area contributed by atoms with Crippen molar-refractivity contribution < 1.29 is 10.2 Å². The lowest BCUT2D eigenvalue weighted by Crippen LogP contribution is -2.37. The Labute approximate surface area is 155 Å². The number of imidazole rings is 1. The van der Waals surface area contributed by atoms with Crippen molar-refractivity contribution in [2.45, 2.75) is 19.6 Å². The molecule has 0 aliphatic heterocycles. The van der Waals surface area contributed by atoms with Crippen molar-refractivity contribution >= 4 is 11.2 Å². The lowest BCUT2D eigenvalue weighted by Gasteiger charge is -2.14. The Kier molecular flexibility index (Phi) is 5.15. The fraction of sp³-hybridized carbons (Fsp3) is 0.389. The standard InChI is InChI=1S/C18H23N5O4/c1-11-8-12(4-5-13(11)24)14(25)9-19-6-7-23-10-20-16-15(23)17(26)22(3)18(27)21(16)2/h4-5,8,10,14,19,24-25H,6-7,9H2,1-3H3. The van der Waals surface area contributed by atoms with E-state index in [4.69, 9.17) is 0 Å². The average Bonchev–Trinajstić information content (AvgIpc) is 3.08. The van der Waals surface area contributed by atoms with E-state index in [9.17, 15) is 19.8 Å². The number of aryl methyl sites for hydroxylation is 2. The summed E-state index contributed by atoms with van der Waals surface area (Å²) in [5, 5.41) is 23.0. The summed E-state index contributed by atoms with van der Waals surface area (Å²) in [5.74, 6) is 0.196. The van der Waals surface area contributed by atoms with E-state index >= 15 is 0 Å². The summed E-state index contributed by atoms with van der Waals surface area (Å²) in [6.45, 7) is 3.07. The Morgan fingerprint density at radius 1 is 1.22 bits per heavy atom. The first-order valence-corrected chi connectivity index (χ1v) is 8.60. The van der Waals surface area contributed by atoms with E-state index in [1.165, 1.54) is 17.9 Å². The van der Waals surface area contributed by atoms with Crippen molar-refractivity contribution in [1.82, 2.24) is 24.0 Å². The quantitative estimate of drug-likeness (QED) is 0.515. The topological polar surface area (TPSA) is 114 Å². The van der Waals surface area contributed by atoms with Crippen molar-refractivity contribution in [3.8, 4) is 5.75 Å². The van der Waals surface area contributed by atoms with Crippen LogP contribution in [-0.2, 0) is 20.6 Å². The van der Waals surface area contributed by atoms with Gasteiger partial charge in [-0.05, 0) is 30.2 Å². The van der Waals surface area contributed by atoms with Gasteiger partial charge in [0.05, 0.1) is 12.4 Å². The SMILES string of the molecule is Cc1cc(C(O)CNCCn2cnc3c2c(=O)n(C)c(=O)n3C)ccc1O. The lowest BCUT2D eigenvalue weighted by molar-refractivity contribution is 0.174. The second kappa shape index (κ2) is 7.37. The lowest BCUT2D eigenvalue weighted by atomic mass is 10.1. The number of phenols is 1. The minimum Gasteiger partial charge on any atom is -0.508 e. The smallest absolute Gasteiger partial charge is 0.332 e. The van der Waals surface area contributed by atoms with Gasteiger partial charge in [-0.25, -0.2) is 9.78 Å². The Morgan fingerprint density at radius 3 is 2.67 bits per heavy atom. The molecule has 0 radical (unpaired) electrons. The first kappa shape index (κ1) is 18.9. The van der Waals surface area contributed by atoms with Crippen LogP contribution < -0.4 is 16.6 Å². The Bertz CT molecular complexity index is 1100. The number of nitrogens with zero attached hydrogens (tertiary/aromatic N) is 4. The van der Waals surface area contributed by atoms with Gasteiger partial charge in [0.15, 0.2) is 11.2 Å². The van der Waals surface area contributed by atoms with Crippen LogP contribution in [0.4, 0.5) is 0 Å². The summed E-state index contributed by atoms with van der Waals surface area (Å²) in [5.41, 5.74) is 1.35. The van der Waals surface area contributed by atoms with Crippen LogP contribution in [0.25, 0.3) is 11.2 Å². The highest BCUT2D eigenvalue weighted by Gasteiger charge is 2.14. The van der Waals surface area contributed by atoms with Crippen LogP contribution >= 0.6 is 0 Å². The number of hydrogen-bond acceptors (Lipinski definition) is 6. The largest absolute Gasteiger partial charge is 0.508 e. The molecule has 2 aromatic heterocycles. The molecule has 27 heavy (non-hydrogen) atoms. The summed E-state index contributed by atoms with van der Waals surface area (Å²) in [7, 11) is 3.02. The van der Waals surface area contributed by atoms with Crippen LogP contribution in [0.1, 0.15) is 17.2 Å². The van der Waals surface area contributed by atoms with Gasteiger partial charge in [-0.2, -0.15) is 0 Å². The number of rotatable bonds is 6.